The first-order chi connectivity index (χ1) is 7.70. The summed E-state index contributed by atoms with van der Waals surface area (Å²) in [5, 5.41) is 12.5. The lowest BCUT2D eigenvalue weighted by Gasteiger charge is -2.32. The van der Waals surface area contributed by atoms with Crippen molar-refractivity contribution in [2.24, 2.45) is 5.92 Å². The fourth-order valence-corrected chi connectivity index (χ4v) is 2.18. The van der Waals surface area contributed by atoms with E-state index in [0.29, 0.717) is 6.04 Å². The van der Waals surface area contributed by atoms with Gasteiger partial charge in [-0.3, -0.25) is 0 Å². The van der Waals surface area contributed by atoms with E-state index < -0.39 is 0 Å². The molecular weight excluding hydrogens is 196 g/mol. The summed E-state index contributed by atoms with van der Waals surface area (Å²) >= 11 is 0. The smallest absolute Gasteiger partial charge is 0.101 e. The van der Waals surface area contributed by atoms with E-state index >= 15 is 0 Å². The summed E-state index contributed by atoms with van der Waals surface area (Å²) in [6.45, 7) is 4.27. The predicted octanol–water partition coefficient (Wildman–Crippen LogP) is 3.47. The second-order valence-electron chi connectivity index (χ2n) is 4.78. The van der Waals surface area contributed by atoms with E-state index in [4.69, 9.17) is 5.26 Å². The highest BCUT2D eigenvalue weighted by Gasteiger charge is 2.24. The number of hydrogen-bond acceptors (Lipinski definition) is 2. The molecule has 1 unspecified atom stereocenters. The van der Waals surface area contributed by atoms with Crippen molar-refractivity contribution in [3.05, 3.63) is 29.3 Å². The van der Waals surface area contributed by atoms with Gasteiger partial charge in [0.25, 0.3) is 0 Å². The van der Waals surface area contributed by atoms with Crippen LogP contribution in [0.25, 0.3) is 0 Å². The molecule has 1 aromatic carbocycles. The van der Waals surface area contributed by atoms with Gasteiger partial charge in [0.2, 0.25) is 0 Å². The number of nitriles is 1. The second-order valence-corrected chi connectivity index (χ2v) is 4.78. The highest BCUT2D eigenvalue weighted by molar-refractivity contribution is 5.59. The summed E-state index contributed by atoms with van der Waals surface area (Å²) in [5.41, 5.74) is 2.93. The van der Waals surface area contributed by atoms with Crippen LogP contribution in [-0.2, 0) is 0 Å². The van der Waals surface area contributed by atoms with E-state index in [9.17, 15) is 0 Å². The van der Waals surface area contributed by atoms with Gasteiger partial charge in [0, 0.05) is 6.04 Å². The standard InChI is InChI=1S/C14H18N2/c1-10-6-7-13(9-15)14(8-10)16-11(2)12-4-3-5-12/h6-8,11-12,16H,3-5H2,1-2H3. The number of nitrogens with zero attached hydrogens (tertiary/aromatic N) is 1. The molecule has 1 aromatic rings. The molecule has 84 valence electrons. The molecule has 0 aliphatic heterocycles. The molecule has 2 nitrogen and oxygen atoms in total. The SMILES string of the molecule is Cc1ccc(C#N)c(NC(C)C2CCC2)c1. The maximum absolute atomic E-state index is 9.04. The molecule has 1 aliphatic carbocycles. The topological polar surface area (TPSA) is 35.8 Å². The Morgan fingerprint density at radius 1 is 1.44 bits per heavy atom. The minimum absolute atomic E-state index is 0.475. The molecule has 0 radical (unpaired) electrons. The van der Waals surface area contributed by atoms with Crippen LogP contribution >= 0.6 is 0 Å². The van der Waals surface area contributed by atoms with E-state index in [1.54, 1.807) is 0 Å². The van der Waals surface area contributed by atoms with Gasteiger partial charge >= 0.3 is 0 Å². The highest BCUT2D eigenvalue weighted by Crippen LogP contribution is 2.31. The van der Waals surface area contributed by atoms with E-state index in [1.165, 1.54) is 24.8 Å². The molecular formula is C14H18N2. The van der Waals surface area contributed by atoms with Crippen molar-refractivity contribution >= 4 is 5.69 Å². The molecule has 1 saturated carbocycles. The summed E-state index contributed by atoms with van der Waals surface area (Å²) in [6, 6.07) is 8.66. The van der Waals surface area contributed by atoms with Crippen molar-refractivity contribution in [3.63, 3.8) is 0 Å². The molecule has 2 heteroatoms. The number of aryl methyl sites for hydroxylation is 1. The van der Waals surface area contributed by atoms with Gasteiger partial charge in [0.15, 0.2) is 0 Å². The van der Waals surface area contributed by atoms with Gasteiger partial charge < -0.3 is 5.32 Å². The summed E-state index contributed by atoms with van der Waals surface area (Å²) in [5.74, 6) is 0.784. The van der Waals surface area contributed by atoms with Crippen molar-refractivity contribution in [3.8, 4) is 6.07 Å². The zero-order chi connectivity index (χ0) is 11.5. The van der Waals surface area contributed by atoms with Gasteiger partial charge in [-0.1, -0.05) is 12.5 Å². The molecule has 0 amide bonds. The van der Waals surface area contributed by atoms with Gasteiger partial charge in [-0.25, -0.2) is 0 Å². The maximum atomic E-state index is 9.04. The lowest BCUT2D eigenvalue weighted by atomic mass is 9.80. The Kier molecular flexibility index (Phi) is 3.14. The monoisotopic (exact) mass is 214 g/mol. The van der Waals surface area contributed by atoms with Crippen molar-refractivity contribution in [1.82, 2.24) is 0 Å². The van der Waals surface area contributed by atoms with Gasteiger partial charge in [-0.15, -0.1) is 0 Å². The van der Waals surface area contributed by atoms with Crippen molar-refractivity contribution in [1.29, 1.82) is 5.26 Å². The quantitative estimate of drug-likeness (QED) is 0.836. The molecule has 1 atom stereocenters. The van der Waals surface area contributed by atoms with Crippen LogP contribution in [0.5, 0.6) is 0 Å². The molecule has 1 fully saturated rings. The van der Waals surface area contributed by atoms with Crippen LogP contribution in [0.3, 0.4) is 0 Å². The van der Waals surface area contributed by atoms with E-state index in [1.807, 2.05) is 12.1 Å². The number of benzene rings is 1. The normalized spacial score (nSPS) is 17.3. The van der Waals surface area contributed by atoms with Crippen LogP contribution in [0.1, 0.15) is 37.3 Å². The fourth-order valence-electron chi connectivity index (χ4n) is 2.18. The van der Waals surface area contributed by atoms with Gasteiger partial charge in [0.05, 0.1) is 11.3 Å². The first kappa shape index (κ1) is 11.0. The Labute approximate surface area is 97.3 Å². The third kappa shape index (κ3) is 2.19. The van der Waals surface area contributed by atoms with Crippen LogP contribution in [0.15, 0.2) is 18.2 Å². The van der Waals surface area contributed by atoms with Crippen LogP contribution in [0.2, 0.25) is 0 Å². The number of rotatable bonds is 3. The van der Waals surface area contributed by atoms with Crippen molar-refractivity contribution in [2.75, 3.05) is 5.32 Å². The lowest BCUT2D eigenvalue weighted by Crippen LogP contribution is -2.31. The molecule has 2 rings (SSSR count). The van der Waals surface area contributed by atoms with Crippen LogP contribution in [0, 0.1) is 24.2 Å². The number of nitrogens with one attached hydrogen (secondary N) is 1. The molecule has 0 heterocycles. The third-order valence-electron chi connectivity index (χ3n) is 3.54. The van der Waals surface area contributed by atoms with Crippen molar-refractivity contribution < 1.29 is 0 Å². The Bertz CT molecular complexity index is 413. The molecule has 0 saturated heterocycles. The largest absolute Gasteiger partial charge is 0.381 e. The van der Waals surface area contributed by atoms with E-state index in [2.05, 4.69) is 31.3 Å². The highest BCUT2D eigenvalue weighted by atomic mass is 14.9. The predicted molar refractivity (Wildman–Crippen MR) is 66.3 cm³/mol. The summed E-state index contributed by atoms with van der Waals surface area (Å²) in [7, 11) is 0. The van der Waals surface area contributed by atoms with E-state index in [-0.39, 0.29) is 0 Å². The van der Waals surface area contributed by atoms with Gasteiger partial charge in [0.1, 0.15) is 6.07 Å². The van der Waals surface area contributed by atoms with Crippen LogP contribution < -0.4 is 5.32 Å². The zero-order valence-corrected chi connectivity index (χ0v) is 9.96. The van der Waals surface area contributed by atoms with Crippen LogP contribution in [-0.4, -0.2) is 6.04 Å². The van der Waals surface area contributed by atoms with Crippen molar-refractivity contribution in [2.45, 2.75) is 39.2 Å². The first-order valence-corrected chi connectivity index (χ1v) is 5.98. The molecule has 1 aliphatic rings. The number of hydrogen-bond donors (Lipinski definition) is 1. The Morgan fingerprint density at radius 3 is 2.75 bits per heavy atom. The number of anilines is 1. The second kappa shape index (κ2) is 4.57. The molecule has 0 aromatic heterocycles. The average Bonchev–Trinajstić information content (AvgIpc) is 2.15. The zero-order valence-electron chi connectivity index (χ0n) is 9.96. The minimum Gasteiger partial charge on any atom is -0.381 e. The van der Waals surface area contributed by atoms with E-state index in [0.717, 1.165) is 17.2 Å². The summed E-state index contributed by atoms with van der Waals surface area (Å²) in [4.78, 5) is 0. The lowest BCUT2D eigenvalue weighted by molar-refractivity contribution is 0.285. The molecule has 0 spiro atoms. The average molecular weight is 214 g/mol. The van der Waals surface area contributed by atoms with Gasteiger partial charge in [-0.2, -0.15) is 5.26 Å². The molecule has 0 bridgehead atoms. The third-order valence-corrected chi connectivity index (χ3v) is 3.54. The van der Waals surface area contributed by atoms with Crippen LogP contribution in [0.4, 0.5) is 5.69 Å². The fraction of sp³-hybridized carbons (Fsp3) is 0.500. The van der Waals surface area contributed by atoms with Gasteiger partial charge in [-0.05, 0) is 50.3 Å². The summed E-state index contributed by atoms with van der Waals surface area (Å²) in [6.07, 6.45) is 4.00. The minimum atomic E-state index is 0.475. The Hall–Kier alpha value is -1.49. The first-order valence-electron chi connectivity index (χ1n) is 5.98. The Morgan fingerprint density at radius 2 is 2.19 bits per heavy atom. The molecule has 16 heavy (non-hydrogen) atoms. The Balaban J connectivity index is 2.13. The molecule has 1 N–H and O–H groups in total. The summed E-state index contributed by atoms with van der Waals surface area (Å²) < 4.78 is 0. The maximum Gasteiger partial charge on any atom is 0.101 e.